The Morgan fingerprint density at radius 3 is 2.50 bits per heavy atom. The summed E-state index contributed by atoms with van der Waals surface area (Å²) in [6.07, 6.45) is -4.84. The highest BCUT2D eigenvalue weighted by molar-refractivity contribution is 9.10. The average Bonchev–Trinajstić information content (AvgIpc) is 2.06. The molecule has 1 aromatic rings. The van der Waals surface area contributed by atoms with Gasteiger partial charge in [-0.3, -0.25) is 0 Å². The second kappa shape index (κ2) is 3.01. The fourth-order valence-corrected chi connectivity index (χ4v) is 0.941. The summed E-state index contributed by atoms with van der Waals surface area (Å²) in [5, 5.41) is 0. The molecule has 0 aliphatic rings. The van der Waals surface area contributed by atoms with Gasteiger partial charge in [-0.15, -0.1) is 0 Å². The molecule has 0 amide bonds. The topological polar surface area (TPSA) is 12.9 Å². The molecule has 6 heteroatoms. The smallest absolute Gasteiger partial charge is 0.214 e. The number of halogens is 5. The zero-order valence-corrected chi connectivity index (χ0v) is 6.92. The molecule has 0 aliphatic carbocycles. The number of pyridine rings is 1. The van der Waals surface area contributed by atoms with Crippen molar-refractivity contribution in [3.05, 3.63) is 28.2 Å². The minimum absolute atomic E-state index is 0.726. The highest BCUT2D eigenvalue weighted by Crippen LogP contribution is 2.32. The lowest BCUT2D eigenvalue weighted by Gasteiger charge is -2.06. The molecule has 0 aromatic carbocycles. The largest absolute Gasteiger partial charge is 0.434 e. The molecule has 0 N–H and O–H groups in total. The normalized spacial score (nSPS) is 14.1. The lowest BCUT2D eigenvalue weighted by atomic mass is 10.3. The Labute approximate surface area is 76.4 Å². The van der Waals surface area contributed by atoms with Crippen LogP contribution in [-0.2, 0) is 6.18 Å². The third-order valence-electron chi connectivity index (χ3n) is 0.962. The van der Waals surface area contributed by atoms with E-state index in [1.807, 2.05) is 0 Å². The van der Waals surface area contributed by atoms with Crippen LogP contribution in [0.1, 0.15) is 8.44 Å². The predicted molar refractivity (Wildman–Crippen MR) is 36.9 cm³/mol. The van der Waals surface area contributed by atoms with Gasteiger partial charge in [0, 0.05) is 4.47 Å². The molecule has 0 spiro atoms. The Kier molecular flexibility index (Phi) is 1.71. The minimum atomic E-state index is -4.84. The van der Waals surface area contributed by atoms with Gasteiger partial charge in [-0.1, -0.05) is 0 Å². The highest BCUT2D eigenvalue weighted by atomic mass is 79.9. The van der Waals surface area contributed by atoms with E-state index in [1.54, 1.807) is 0 Å². The maximum Gasteiger partial charge on any atom is 0.434 e. The van der Waals surface area contributed by atoms with Crippen LogP contribution in [0.15, 0.2) is 16.6 Å². The SMILES string of the molecule is [2H]c1c(F)nc(C(F)(F)F)c(Br)c1[2H]. The zero-order chi connectivity index (χ0) is 11.1. The van der Waals surface area contributed by atoms with Gasteiger partial charge < -0.3 is 0 Å². The third-order valence-corrected chi connectivity index (χ3v) is 1.54. The van der Waals surface area contributed by atoms with E-state index in [4.69, 9.17) is 2.74 Å². The summed E-state index contributed by atoms with van der Waals surface area (Å²) >= 11 is 2.44. The van der Waals surface area contributed by atoms with Crippen LogP contribution in [0.25, 0.3) is 0 Å². The molecule has 12 heavy (non-hydrogen) atoms. The number of nitrogens with zero attached hydrogens (tertiary/aromatic N) is 1. The van der Waals surface area contributed by atoms with E-state index in [9.17, 15) is 17.6 Å². The van der Waals surface area contributed by atoms with Gasteiger partial charge in [-0.05, 0) is 28.0 Å². The van der Waals surface area contributed by atoms with E-state index in [0.29, 0.717) is 0 Å². The van der Waals surface area contributed by atoms with Gasteiger partial charge in [0.05, 0.1) is 2.74 Å². The van der Waals surface area contributed by atoms with Crippen molar-refractivity contribution < 1.29 is 20.3 Å². The lowest BCUT2D eigenvalue weighted by molar-refractivity contribution is -0.142. The van der Waals surface area contributed by atoms with Gasteiger partial charge in [0.15, 0.2) is 5.69 Å². The van der Waals surface area contributed by atoms with E-state index >= 15 is 0 Å². The molecular weight excluding hydrogens is 242 g/mol. The maximum atomic E-state index is 12.6. The Hall–Kier alpha value is -0.650. The average molecular weight is 246 g/mol. The summed E-state index contributed by atoms with van der Waals surface area (Å²) in [4.78, 5) is 2.56. The number of aromatic nitrogens is 1. The molecule has 1 rings (SSSR count). The van der Waals surface area contributed by atoms with E-state index in [1.165, 1.54) is 0 Å². The van der Waals surface area contributed by atoms with Crippen molar-refractivity contribution in [2.75, 3.05) is 0 Å². The molecule has 0 radical (unpaired) electrons. The van der Waals surface area contributed by atoms with E-state index < -0.39 is 34.4 Å². The second-order valence-electron chi connectivity index (χ2n) is 1.81. The molecule has 0 aliphatic heterocycles. The van der Waals surface area contributed by atoms with Crippen molar-refractivity contribution in [3.63, 3.8) is 0 Å². The van der Waals surface area contributed by atoms with Crippen molar-refractivity contribution in [3.8, 4) is 0 Å². The minimum Gasteiger partial charge on any atom is -0.214 e. The molecule has 1 heterocycles. The first-order valence-corrected chi connectivity index (χ1v) is 3.44. The highest BCUT2D eigenvalue weighted by Gasteiger charge is 2.35. The van der Waals surface area contributed by atoms with Crippen molar-refractivity contribution >= 4 is 15.9 Å². The Morgan fingerprint density at radius 2 is 2.00 bits per heavy atom. The van der Waals surface area contributed by atoms with Crippen molar-refractivity contribution in [1.29, 1.82) is 0 Å². The van der Waals surface area contributed by atoms with Gasteiger partial charge in [-0.25, -0.2) is 4.98 Å². The quantitative estimate of drug-likeness (QED) is 0.506. The summed E-state index contributed by atoms with van der Waals surface area (Å²) < 4.78 is 62.2. The monoisotopic (exact) mass is 245 g/mol. The summed E-state index contributed by atoms with van der Waals surface area (Å²) in [5.74, 6) is -1.61. The fraction of sp³-hybridized carbons (Fsp3) is 0.167. The van der Waals surface area contributed by atoms with Crippen LogP contribution in [0.2, 0.25) is 0 Å². The lowest BCUT2D eigenvalue weighted by Crippen LogP contribution is -2.09. The standard InChI is InChI=1S/C6H2BrF4N/c7-3-1-2-4(8)12-5(3)6(9,10)11/h1-2H/i1D,2D. The molecule has 0 saturated heterocycles. The van der Waals surface area contributed by atoms with Crippen LogP contribution in [0.4, 0.5) is 17.6 Å². The van der Waals surface area contributed by atoms with Crippen LogP contribution in [-0.4, -0.2) is 4.98 Å². The van der Waals surface area contributed by atoms with Crippen LogP contribution < -0.4 is 0 Å². The number of hydrogen-bond donors (Lipinski definition) is 0. The van der Waals surface area contributed by atoms with Gasteiger partial charge in [0.1, 0.15) is 0 Å². The fourth-order valence-electron chi connectivity index (χ4n) is 0.529. The van der Waals surface area contributed by atoms with Gasteiger partial charge in [0.25, 0.3) is 0 Å². The first-order chi connectivity index (χ1) is 6.25. The Bertz CT molecular complexity index is 379. The van der Waals surface area contributed by atoms with Crippen LogP contribution in [0.5, 0.6) is 0 Å². The van der Waals surface area contributed by atoms with Crippen LogP contribution in [0, 0.1) is 5.95 Å². The van der Waals surface area contributed by atoms with E-state index in [2.05, 4.69) is 20.9 Å². The molecule has 0 bridgehead atoms. The number of rotatable bonds is 0. The second-order valence-corrected chi connectivity index (χ2v) is 2.61. The summed E-state index contributed by atoms with van der Waals surface area (Å²) in [5.41, 5.74) is -1.53. The van der Waals surface area contributed by atoms with E-state index in [0.717, 1.165) is 0 Å². The van der Waals surface area contributed by atoms with Crippen LogP contribution in [0.3, 0.4) is 0 Å². The molecule has 0 unspecified atom stereocenters. The summed E-state index contributed by atoms with van der Waals surface area (Å²) in [6.45, 7) is 0. The molecule has 0 fully saturated rings. The van der Waals surface area contributed by atoms with E-state index in [-0.39, 0.29) is 0 Å². The molecule has 1 nitrogen and oxygen atoms in total. The van der Waals surface area contributed by atoms with Gasteiger partial charge in [0.2, 0.25) is 5.95 Å². The molecule has 0 saturated carbocycles. The first kappa shape index (κ1) is 6.82. The van der Waals surface area contributed by atoms with Crippen molar-refractivity contribution in [2.24, 2.45) is 0 Å². The predicted octanol–water partition coefficient (Wildman–Crippen LogP) is 3.00. The number of hydrogen-bond acceptors (Lipinski definition) is 1. The molecule has 1 aromatic heterocycles. The van der Waals surface area contributed by atoms with Crippen molar-refractivity contribution in [1.82, 2.24) is 4.98 Å². The summed E-state index contributed by atoms with van der Waals surface area (Å²) in [6, 6.07) is -1.84. The Balaban J connectivity index is 3.49. The Morgan fingerprint density at radius 1 is 1.42 bits per heavy atom. The summed E-state index contributed by atoms with van der Waals surface area (Å²) in [7, 11) is 0. The zero-order valence-electron chi connectivity index (χ0n) is 7.34. The van der Waals surface area contributed by atoms with Crippen LogP contribution >= 0.6 is 15.9 Å². The molecular formula is C6H2BrF4N. The molecule has 66 valence electrons. The van der Waals surface area contributed by atoms with Crippen molar-refractivity contribution in [2.45, 2.75) is 6.18 Å². The first-order valence-electron chi connectivity index (χ1n) is 3.64. The van der Waals surface area contributed by atoms with Gasteiger partial charge >= 0.3 is 6.18 Å². The number of alkyl halides is 3. The maximum absolute atomic E-state index is 12.6. The third kappa shape index (κ3) is 1.94. The molecule has 0 atom stereocenters. The van der Waals surface area contributed by atoms with Gasteiger partial charge in [-0.2, -0.15) is 17.6 Å².